The molecule has 0 fully saturated rings. The third kappa shape index (κ3) is 4.42. The van der Waals surface area contributed by atoms with Crippen molar-refractivity contribution in [1.82, 2.24) is 9.97 Å². The van der Waals surface area contributed by atoms with Gasteiger partial charge in [-0.2, -0.15) is 0 Å². The predicted molar refractivity (Wildman–Crippen MR) is 69.1 cm³/mol. The molecular formula is C13H17N3O2. The highest BCUT2D eigenvalue weighted by atomic mass is 16.6. The summed E-state index contributed by atoms with van der Waals surface area (Å²) in [5, 5.41) is 2.45. The smallest absolute Gasteiger partial charge is 0.414 e. The van der Waals surface area contributed by atoms with Gasteiger partial charge >= 0.3 is 6.09 Å². The maximum absolute atomic E-state index is 11.5. The molecule has 1 unspecified atom stereocenters. The quantitative estimate of drug-likeness (QED) is 0.816. The first kappa shape index (κ1) is 14.0. The number of ether oxygens (including phenoxy) is 1. The van der Waals surface area contributed by atoms with E-state index in [0.717, 1.165) is 5.56 Å². The zero-order valence-electron chi connectivity index (χ0n) is 11.0. The number of aromatic nitrogens is 2. The third-order valence-electron chi connectivity index (χ3n) is 2.03. The second-order valence-electron chi connectivity index (χ2n) is 4.86. The van der Waals surface area contributed by atoms with Crippen LogP contribution in [-0.4, -0.2) is 21.7 Å². The molecule has 1 aromatic heterocycles. The summed E-state index contributed by atoms with van der Waals surface area (Å²) in [7, 11) is 0. The number of hydrogen-bond donors (Lipinski definition) is 1. The van der Waals surface area contributed by atoms with Crippen LogP contribution in [0.5, 0.6) is 0 Å². The average molecular weight is 247 g/mol. The standard InChI is InChI=1S/C13H17N3O2/c1-6-9(2)10-7-14-11(15-8-10)16-12(17)18-13(3,4)5/h1,7-9H,2-5H3,(H,14,15,16,17). The number of carbonyl (C=O) groups excluding carboxylic acids is 1. The summed E-state index contributed by atoms with van der Waals surface area (Å²) < 4.78 is 5.08. The molecule has 18 heavy (non-hydrogen) atoms. The second kappa shape index (κ2) is 5.50. The minimum Gasteiger partial charge on any atom is -0.444 e. The van der Waals surface area contributed by atoms with Gasteiger partial charge in [0.15, 0.2) is 0 Å². The van der Waals surface area contributed by atoms with E-state index < -0.39 is 11.7 Å². The van der Waals surface area contributed by atoms with Gasteiger partial charge < -0.3 is 4.74 Å². The lowest BCUT2D eigenvalue weighted by Gasteiger charge is -2.19. The molecule has 0 spiro atoms. The highest BCUT2D eigenvalue weighted by Gasteiger charge is 2.16. The fourth-order valence-electron chi connectivity index (χ4n) is 1.12. The van der Waals surface area contributed by atoms with Gasteiger partial charge in [0, 0.05) is 23.9 Å². The van der Waals surface area contributed by atoms with Crippen LogP contribution in [0, 0.1) is 12.3 Å². The van der Waals surface area contributed by atoms with Gasteiger partial charge in [0.1, 0.15) is 5.60 Å². The zero-order chi connectivity index (χ0) is 13.8. The Morgan fingerprint density at radius 3 is 2.44 bits per heavy atom. The Kier molecular flexibility index (Phi) is 4.27. The minimum absolute atomic E-state index is 0.0550. The summed E-state index contributed by atoms with van der Waals surface area (Å²) in [6.45, 7) is 7.22. The van der Waals surface area contributed by atoms with Gasteiger partial charge in [-0.05, 0) is 27.7 Å². The van der Waals surface area contributed by atoms with Gasteiger partial charge in [-0.25, -0.2) is 14.8 Å². The number of carbonyl (C=O) groups is 1. The SMILES string of the molecule is C#CC(C)c1cnc(NC(=O)OC(C)(C)C)nc1. The number of hydrogen-bond acceptors (Lipinski definition) is 4. The summed E-state index contributed by atoms with van der Waals surface area (Å²) in [4.78, 5) is 19.5. The van der Waals surface area contributed by atoms with Crippen LogP contribution in [0.2, 0.25) is 0 Å². The van der Waals surface area contributed by atoms with Crippen LogP contribution in [0.4, 0.5) is 10.7 Å². The number of nitrogens with zero attached hydrogens (tertiary/aromatic N) is 2. The van der Waals surface area contributed by atoms with E-state index in [9.17, 15) is 4.79 Å². The first-order valence-corrected chi connectivity index (χ1v) is 5.60. The maximum Gasteiger partial charge on any atom is 0.414 e. The maximum atomic E-state index is 11.5. The molecule has 96 valence electrons. The van der Waals surface area contributed by atoms with Crippen molar-refractivity contribution in [3.8, 4) is 12.3 Å². The van der Waals surface area contributed by atoms with Crippen molar-refractivity contribution in [2.75, 3.05) is 5.32 Å². The highest BCUT2D eigenvalue weighted by Crippen LogP contribution is 2.13. The van der Waals surface area contributed by atoms with Crippen LogP contribution in [-0.2, 0) is 4.74 Å². The Morgan fingerprint density at radius 2 is 2.00 bits per heavy atom. The van der Waals surface area contributed by atoms with Crippen molar-refractivity contribution in [3.05, 3.63) is 18.0 Å². The lowest BCUT2D eigenvalue weighted by atomic mass is 10.1. The van der Waals surface area contributed by atoms with Crippen molar-refractivity contribution < 1.29 is 9.53 Å². The summed E-state index contributed by atoms with van der Waals surface area (Å²) in [5.74, 6) is 2.72. The van der Waals surface area contributed by atoms with Gasteiger partial charge in [-0.1, -0.05) is 5.92 Å². The molecular weight excluding hydrogens is 230 g/mol. The molecule has 1 atom stereocenters. The molecule has 1 heterocycles. The van der Waals surface area contributed by atoms with Crippen LogP contribution in [0.3, 0.4) is 0 Å². The number of amides is 1. The lowest BCUT2D eigenvalue weighted by molar-refractivity contribution is 0.0634. The number of rotatable bonds is 2. The van der Waals surface area contributed by atoms with E-state index in [1.807, 2.05) is 6.92 Å². The predicted octanol–water partition coefficient (Wildman–Crippen LogP) is 2.56. The monoisotopic (exact) mass is 247 g/mol. The second-order valence-corrected chi connectivity index (χ2v) is 4.86. The lowest BCUT2D eigenvalue weighted by Crippen LogP contribution is -2.27. The van der Waals surface area contributed by atoms with Crippen LogP contribution in [0.15, 0.2) is 12.4 Å². The van der Waals surface area contributed by atoms with Gasteiger partial charge in [0.2, 0.25) is 5.95 Å². The van der Waals surface area contributed by atoms with E-state index in [0.29, 0.717) is 0 Å². The molecule has 1 aromatic rings. The Bertz CT molecular complexity index is 455. The molecule has 5 nitrogen and oxygen atoms in total. The highest BCUT2D eigenvalue weighted by molar-refractivity contribution is 5.82. The van der Waals surface area contributed by atoms with Crippen molar-refractivity contribution >= 4 is 12.0 Å². The number of anilines is 1. The average Bonchev–Trinajstić information content (AvgIpc) is 2.26. The molecule has 0 aliphatic carbocycles. The Morgan fingerprint density at radius 1 is 1.44 bits per heavy atom. The van der Waals surface area contributed by atoms with Crippen molar-refractivity contribution in [1.29, 1.82) is 0 Å². The first-order chi connectivity index (χ1) is 8.31. The summed E-state index contributed by atoms with van der Waals surface area (Å²) in [6, 6.07) is 0. The van der Waals surface area contributed by atoms with E-state index in [-0.39, 0.29) is 11.9 Å². The normalized spacial score (nSPS) is 12.4. The van der Waals surface area contributed by atoms with Gasteiger partial charge in [-0.3, -0.25) is 5.32 Å². The molecule has 0 bridgehead atoms. The third-order valence-corrected chi connectivity index (χ3v) is 2.03. The molecule has 1 N–H and O–H groups in total. The summed E-state index contributed by atoms with van der Waals surface area (Å²) in [6.07, 6.45) is 7.89. The Labute approximate surface area is 107 Å². The fourth-order valence-corrected chi connectivity index (χ4v) is 1.12. The van der Waals surface area contributed by atoms with E-state index in [1.54, 1.807) is 33.2 Å². The molecule has 1 rings (SSSR count). The fraction of sp³-hybridized carbons (Fsp3) is 0.462. The van der Waals surface area contributed by atoms with Crippen LogP contribution >= 0.6 is 0 Å². The molecule has 0 radical (unpaired) electrons. The summed E-state index contributed by atoms with van der Waals surface area (Å²) in [5.41, 5.74) is 0.273. The molecule has 0 saturated carbocycles. The van der Waals surface area contributed by atoms with E-state index in [1.165, 1.54) is 0 Å². The number of nitrogens with one attached hydrogen (secondary N) is 1. The molecule has 0 saturated heterocycles. The minimum atomic E-state index is -0.583. The van der Waals surface area contributed by atoms with Gasteiger partial charge in [-0.15, -0.1) is 6.42 Å². The van der Waals surface area contributed by atoms with E-state index in [2.05, 4.69) is 21.2 Å². The number of terminal acetylenes is 1. The van der Waals surface area contributed by atoms with Crippen molar-refractivity contribution in [2.45, 2.75) is 39.2 Å². The Balaban J connectivity index is 2.65. The topological polar surface area (TPSA) is 64.1 Å². The molecule has 5 heteroatoms. The van der Waals surface area contributed by atoms with Crippen LogP contribution in [0.1, 0.15) is 39.2 Å². The van der Waals surface area contributed by atoms with Crippen LogP contribution in [0.25, 0.3) is 0 Å². The van der Waals surface area contributed by atoms with Gasteiger partial charge in [0.05, 0.1) is 0 Å². The van der Waals surface area contributed by atoms with Crippen molar-refractivity contribution in [2.24, 2.45) is 0 Å². The van der Waals surface area contributed by atoms with Crippen LogP contribution < -0.4 is 5.32 Å². The van der Waals surface area contributed by atoms with E-state index >= 15 is 0 Å². The molecule has 0 aliphatic heterocycles. The molecule has 0 aromatic carbocycles. The zero-order valence-corrected chi connectivity index (χ0v) is 11.0. The Hall–Kier alpha value is -2.09. The molecule has 0 aliphatic rings. The van der Waals surface area contributed by atoms with E-state index in [4.69, 9.17) is 11.2 Å². The van der Waals surface area contributed by atoms with Gasteiger partial charge in [0.25, 0.3) is 0 Å². The first-order valence-electron chi connectivity index (χ1n) is 5.60. The summed E-state index contributed by atoms with van der Waals surface area (Å²) >= 11 is 0. The van der Waals surface area contributed by atoms with Crippen molar-refractivity contribution in [3.63, 3.8) is 0 Å². The molecule has 1 amide bonds. The largest absolute Gasteiger partial charge is 0.444 e.